The molecule has 178 valence electrons. The molecule has 2 aromatic heterocycles. The molecule has 1 aromatic carbocycles. The molecule has 33 heavy (non-hydrogen) atoms. The van der Waals surface area contributed by atoms with Crippen LogP contribution in [0.3, 0.4) is 0 Å². The topological polar surface area (TPSA) is 106 Å². The van der Waals surface area contributed by atoms with E-state index in [-0.39, 0.29) is 22.2 Å². The first-order valence-corrected chi connectivity index (χ1v) is 10.9. The molecular weight excluding hydrogens is 434 g/mol. The van der Waals surface area contributed by atoms with Crippen LogP contribution in [0.5, 0.6) is 0 Å². The normalized spacial score (nSPS) is 23.8. The first kappa shape index (κ1) is 23.5. The molecule has 1 saturated heterocycles. The van der Waals surface area contributed by atoms with Gasteiger partial charge in [-0.2, -0.15) is 0 Å². The third kappa shape index (κ3) is 4.68. The Morgan fingerprint density at radius 1 is 1.21 bits per heavy atom. The SMILES string of the molecule is Cc1ccc(-c2cn([C@H]3C[C@H](Cc4cc(C(C)(C)C)no4)O[C@H](CO)[C@@H]3O)nn2)c(F)c1F. The van der Waals surface area contributed by atoms with E-state index >= 15 is 0 Å². The summed E-state index contributed by atoms with van der Waals surface area (Å²) in [7, 11) is 0. The van der Waals surface area contributed by atoms with Crippen LogP contribution in [-0.2, 0) is 16.6 Å². The predicted octanol–water partition coefficient (Wildman–Crippen LogP) is 3.11. The second-order valence-electron chi connectivity index (χ2n) is 9.55. The van der Waals surface area contributed by atoms with Gasteiger partial charge in [0.2, 0.25) is 0 Å². The van der Waals surface area contributed by atoms with E-state index in [9.17, 15) is 19.0 Å². The number of hydrogen-bond donors (Lipinski definition) is 2. The van der Waals surface area contributed by atoms with E-state index in [1.807, 2.05) is 26.8 Å². The summed E-state index contributed by atoms with van der Waals surface area (Å²) in [5.41, 5.74) is 0.976. The number of aromatic nitrogens is 4. The van der Waals surface area contributed by atoms with Crippen LogP contribution in [-0.4, -0.2) is 55.3 Å². The predicted molar refractivity (Wildman–Crippen MR) is 114 cm³/mol. The molecule has 0 aliphatic carbocycles. The standard InChI is InChI=1S/C23H28F2N4O4/c1-12-5-6-15(21(25)20(12)24)16-10-29(28-26-16)17-8-13(32-18(11-30)22(17)31)7-14-9-19(27-33-14)23(2,3)4/h5-6,9-10,13,17-18,22,30-31H,7-8,11H2,1-4H3/t13-,17-,18+,22+/m0/s1. The van der Waals surface area contributed by atoms with E-state index in [2.05, 4.69) is 15.5 Å². The van der Waals surface area contributed by atoms with Gasteiger partial charge in [-0.25, -0.2) is 13.5 Å². The molecule has 2 N–H and O–H groups in total. The summed E-state index contributed by atoms with van der Waals surface area (Å²) in [4.78, 5) is 0. The number of rotatable bonds is 5. The average molecular weight is 462 g/mol. The lowest BCUT2D eigenvalue weighted by molar-refractivity contribution is -0.156. The van der Waals surface area contributed by atoms with Gasteiger partial charge in [-0.05, 0) is 25.0 Å². The van der Waals surface area contributed by atoms with Crippen molar-refractivity contribution in [2.24, 2.45) is 0 Å². The number of nitrogens with zero attached hydrogens (tertiary/aromatic N) is 4. The van der Waals surface area contributed by atoms with Crippen molar-refractivity contribution in [3.8, 4) is 11.3 Å². The quantitative estimate of drug-likeness (QED) is 0.600. The second kappa shape index (κ2) is 8.92. The molecular formula is C23H28F2N4O4. The van der Waals surface area contributed by atoms with Crippen LogP contribution >= 0.6 is 0 Å². The molecule has 1 fully saturated rings. The number of aliphatic hydroxyl groups excluding tert-OH is 2. The highest BCUT2D eigenvalue weighted by atomic mass is 19.2. The molecule has 0 radical (unpaired) electrons. The Morgan fingerprint density at radius 2 is 1.97 bits per heavy atom. The van der Waals surface area contributed by atoms with E-state index in [0.29, 0.717) is 18.6 Å². The maximum Gasteiger partial charge on any atom is 0.168 e. The summed E-state index contributed by atoms with van der Waals surface area (Å²) in [5.74, 6) is -1.30. The summed E-state index contributed by atoms with van der Waals surface area (Å²) in [6, 6.07) is 4.19. The first-order chi connectivity index (χ1) is 15.6. The smallest absolute Gasteiger partial charge is 0.168 e. The van der Waals surface area contributed by atoms with Crippen LogP contribution in [0.2, 0.25) is 0 Å². The minimum Gasteiger partial charge on any atom is -0.394 e. The second-order valence-corrected chi connectivity index (χ2v) is 9.55. The van der Waals surface area contributed by atoms with Gasteiger partial charge >= 0.3 is 0 Å². The van der Waals surface area contributed by atoms with Crippen molar-refractivity contribution in [2.45, 2.75) is 70.3 Å². The highest BCUT2D eigenvalue weighted by Gasteiger charge is 2.39. The number of ether oxygens (including phenoxy) is 1. The van der Waals surface area contributed by atoms with Crippen molar-refractivity contribution in [3.63, 3.8) is 0 Å². The number of aryl methyl sites for hydroxylation is 1. The Hall–Kier alpha value is -2.69. The zero-order chi connectivity index (χ0) is 23.9. The van der Waals surface area contributed by atoms with Crippen LogP contribution in [0.25, 0.3) is 11.3 Å². The average Bonchev–Trinajstić information content (AvgIpc) is 3.43. The van der Waals surface area contributed by atoms with Gasteiger partial charge in [0, 0.05) is 23.5 Å². The minimum absolute atomic E-state index is 0.0162. The van der Waals surface area contributed by atoms with Crippen molar-refractivity contribution in [1.82, 2.24) is 20.2 Å². The van der Waals surface area contributed by atoms with Crippen LogP contribution in [0.1, 0.15) is 50.3 Å². The van der Waals surface area contributed by atoms with Gasteiger partial charge in [0.15, 0.2) is 11.6 Å². The Kier molecular flexibility index (Phi) is 6.35. The van der Waals surface area contributed by atoms with Gasteiger partial charge in [0.25, 0.3) is 0 Å². The summed E-state index contributed by atoms with van der Waals surface area (Å²) >= 11 is 0. The first-order valence-electron chi connectivity index (χ1n) is 10.9. The van der Waals surface area contributed by atoms with Gasteiger partial charge in [-0.1, -0.05) is 37.2 Å². The third-order valence-electron chi connectivity index (χ3n) is 5.98. The van der Waals surface area contributed by atoms with Gasteiger partial charge in [0.05, 0.1) is 30.6 Å². The van der Waals surface area contributed by atoms with Crippen LogP contribution < -0.4 is 0 Å². The Morgan fingerprint density at radius 3 is 2.64 bits per heavy atom. The molecule has 10 heteroatoms. The zero-order valence-corrected chi connectivity index (χ0v) is 19.0. The monoisotopic (exact) mass is 462 g/mol. The Balaban J connectivity index is 1.57. The fourth-order valence-electron chi connectivity index (χ4n) is 3.98. The molecule has 4 rings (SSSR count). The van der Waals surface area contributed by atoms with Gasteiger partial charge in [-0.3, -0.25) is 0 Å². The number of benzene rings is 1. The summed E-state index contributed by atoms with van der Waals surface area (Å²) < 4.78 is 41.2. The molecule has 0 unspecified atom stereocenters. The molecule has 0 amide bonds. The van der Waals surface area contributed by atoms with Gasteiger partial charge in [0.1, 0.15) is 23.7 Å². The van der Waals surface area contributed by atoms with Crippen LogP contribution in [0.15, 0.2) is 28.9 Å². The largest absolute Gasteiger partial charge is 0.394 e. The van der Waals surface area contributed by atoms with Crippen molar-refractivity contribution in [3.05, 3.63) is 53.0 Å². The summed E-state index contributed by atoms with van der Waals surface area (Å²) in [6.07, 6.45) is -0.110. The molecule has 0 bridgehead atoms. The summed E-state index contributed by atoms with van der Waals surface area (Å²) in [6.45, 7) is 7.18. The van der Waals surface area contributed by atoms with Crippen LogP contribution in [0, 0.1) is 18.6 Å². The Bertz CT molecular complexity index is 1120. The lowest BCUT2D eigenvalue weighted by Crippen LogP contribution is -2.48. The van der Waals surface area contributed by atoms with E-state index in [4.69, 9.17) is 9.26 Å². The molecule has 3 aromatic rings. The number of halogens is 2. The van der Waals surface area contributed by atoms with Gasteiger partial charge in [-0.15, -0.1) is 5.10 Å². The van der Waals surface area contributed by atoms with E-state index in [0.717, 1.165) is 5.69 Å². The Labute approximate surface area is 190 Å². The fourth-order valence-corrected chi connectivity index (χ4v) is 3.98. The molecule has 8 nitrogen and oxygen atoms in total. The molecule has 4 atom stereocenters. The van der Waals surface area contributed by atoms with Crippen LogP contribution in [0.4, 0.5) is 8.78 Å². The maximum atomic E-state index is 14.4. The molecule has 0 spiro atoms. The lowest BCUT2D eigenvalue weighted by atomic mass is 9.91. The van der Waals surface area contributed by atoms with Crippen molar-refractivity contribution in [2.75, 3.05) is 6.61 Å². The lowest BCUT2D eigenvalue weighted by Gasteiger charge is -2.38. The van der Waals surface area contributed by atoms with E-state index in [1.165, 1.54) is 29.9 Å². The third-order valence-corrected chi connectivity index (χ3v) is 5.98. The van der Waals surface area contributed by atoms with Crippen molar-refractivity contribution < 1.29 is 28.3 Å². The number of aliphatic hydroxyl groups is 2. The minimum atomic E-state index is -1.07. The highest BCUT2D eigenvalue weighted by molar-refractivity contribution is 5.59. The summed E-state index contributed by atoms with van der Waals surface area (Å²) in [5, 5.41) is 32.6. The number of hydrogen-bond acceptors (Lipinski definition) is 7. The maximum absolute atomic E-state index is 14.4. The zero-order valence-electron chi connectivity index (χ0n) is 19.0. The van der Waals surface area contributed by atoms with Gasteiger partial charge < -0.3 is 19.5 Å². The molecule has 1 aliphatic rings. The highest BCUT2D eigenvalue weighted by Crippen LogP contribution is 2.33. The van der Waals surface area contributed by atoms with E-state index < -0.39 is 42.6 Å². The fraction of sp³-hybridized carbons (Fsp3) is 0.522. The van der Waals surface area contributed by atoms with E-state index in [1.54, 1.807) is 0 Å². The van der Waals surface area contributed by atoms with Crippen molar-refractivity contribution in [1.29, 1.82) is 0 Å². The molecule has 3 heterocycles. The van der Waals surface area contributed by atoms with Crippen molar-refractivity contribution >= 4 is 0 Å². The molecule has 1 aliphatic heterocycles. The molecule has 0 saturated carbocycles.